The number of hydrogen-bond acceptors (Lipinski definition) is 27. The highest BCUT2D eigenvalue weighted by Gasteiger charge is 2.40. The highest BCUT2D eigenvalue weighted by atomic mass is 32.1. The number of carboxylic acids is 1. The van der Waals surface area contributed by atoms with Crippen molar-refractivity contribution in [1.29, 1.82) is 0 Å². The molecule has 0 spiro atoms. The van der Waals surface area contributed by atoms with E-state index in [1.807, 2.05) is 51.3 Å². The topological polar surface area (TPSA) is 522 Å². The Bertz CT molecular complexity index is 5800. The van der Waals surface area contributed by atoms with Crippen molar-refractivity contribution in [3.8, 4) is 0 Å². The van der Waals surface area contributed by atoms with Crippen LogP contribution in [0, 0.1) is 23.7 Å². The number of H-pyrrole nitrogens is 4. The Morgan fingerprint density at radius 2 is 0.695 bits per heavy atom. The number of anilines is 8. The minimum Gasteiger partial charge on any atom is -0.474 e. The third-order valence-electron chi connectivity index (χ3n) is 22.3. The van der Waals surface area contributed by atoms with Crippen molar-refractivity contribution in [2.45, 2.75) is 209 Å². The smallest absolute Gasteiger partial charge is 0.413 e. The van der Waals surface area contributed by atoms with E-state index in [1.54, 1.807) is 133 Å². The molecule has 12 aromatic heterocycles. The van der Waals surface area contributed by atoms with Crippen LogP contribution in [0.4, 0.5) is 55.6 Å². The number of aromatic nitrogens is 12. The summed E-state index contributed by atoms with van der Waals surface area (Å²) in [5.41, 5.74) is 15.0. The maximum absolute atomic E-state index is 13.3. The van der Waals surface area contributed by atoms with Crippen LogP contribution in [0.3, 0.4) is 0 Å². The quantitative estimate of drug-likeness (QED) is 0.0450. The number of aromatic amines is 4. The van der Waals surface area contributed by atoms with Crippen LogP contribution >= 0.6 is 45.3 Å². The van der Waals surface area contributed by atoms with E-state index in [0.717, 1.165) is 107 Å². The number of piperidine rings is 4. The molecule has 16 heterocycles. The largest absolute Gasteiger partial charge is 0.474 e. The second kappa shape index (κ2) is 43.2. The van der Waals surface area contributed by atoms with Gasteiger partial charge in [0.15, 0.2) is 0 Å². The molecule has 12 aromatic rings. The fraction of sp³-hybridized carbons (Fsp3) is 0.444. The molecule has 0 aromatic carbocycles. The predicted molar refractivity (Wildman–Crippen MR) is 509 cm³/mol. The van der Waals surface area contributed by atoms with Gasteiger partial charge in [0, 0.05) is 66.7 Å². The normalized spacial score (nSPS) is 18.5. The Kier molecular flexibility index (Phi) is 32.1. The Hall–Kier alpha value is -12.9. The zero-order valence-corrected chi connectivity index (χ0v) is 79.0. The number of thiophene rings is 4. The van der Waals surface area contributed by atoms with Gasteiger partial charge in [-0.3, -0.25) is 64.6 Å². The van der Waals surface area contributed by atoms with E-state index in [9.17, 15) is 47.9 Å². The Morgan fingerprint density at radius 1 is 0.397 bits per heavy atom. The van der Waals surface area contributed by atoms with Crippen LogP contribution in [-0.4, -0.2) is 177 Å². The van der Waals surface area contributed by atoms with E-state index in [-0.39, 0.29) is 23.8 Å². The summed E-state index contributed by atoms with van der Waals surface area (Å²) < 4.78 is 10.4. The second-order valence-corrected chi connectivity index (χ2v) is 39.4. The van der Waals surface area contributed by atoms with Crippen molar-refractivity contribution in [3.63, 3.8) is 0 Å². The minimum atomic E-state index is -1.59. The summed E-state index contributed by atoms with van der Waals surface area (Å²) in [6.45, 7) is 29.6. The molecule has 0 unspecified atom stereocenters. The summed E-state index contributed by atoms with van der Waals surface area (Å²) in [6.07, 6.45) is 22.1. The van der Waals surface area contributed by atoms with Gasteiger partial charge in [-0.25, -0.2) is 34.3 Å². The molecule has 37 nitrogen and oxygen atoms in total. The van der Waals surface area contributed by atoms with Crippen LogP contribution in [0.15, 0.2) is 98.1 Å². The lowest BCUT2D eigenvalue weighted by molar-refractivity contribution is -0.147. The van der Waals surface area contributed by atoms with Gasteiger partial charge in [-0.1, -0.05) is 55.4 Å². The number of amides is 9. The first kappa shape index (κ1) is 97.2. The van der Waals surface area contributed by atoms with E-state index in [2.05, 4.69) is 144 Å². The molecule has 4 saturated heterocycles. The monoisotopic (exact) mass is 1870 g/mol. The zero-order valence-electron chi connectivity index (χ0n) is 75.7. The van der Waals surface area contributed by atoms with Gasteiger partial charge in [-0.2, -0.15) is 20.4 Å². The molecule has 696 valence electrons. The number of fused-ring (bicyclic) bond motifs is 4. The van der Waals surface area contributed by atoms with E-state index in [4.69, 9.17) is 26.0 Å². The van der Waals surface area contributed by atoms with E-state index in [1.165, 1.54) is 52.7 Å². The molecular weight excluding hydrogens is 1750 g/mol. The van der Waals surface area contributed by atoms with Gasteiger partial charge in [0.05, 0.1) is 90.4 Å². The predicted octanol–water partition coefficient (Wildman–Crippen LogP) is 15.8. The van der Waals surface area contributed by atoms with Gasteiger partial charge >= 0.3 is 59.5 Å². The number of carbonyl (C=O) groups is 10. The Morgan fingerprint density at radius 3 is 0.992 bits per heavy atom. The summed E-state index contributed by atoms with van der Waals surface area (Å²) in [4.78, 5) is 154. The summed E-state index contributed by atoms with van der Waals surface area (Å²) >= 11 is 6.57. The first-order chi connectivity index (χ1) is 62.4. The Labute approximate surface area is 772 Å². The van der Waals surface area contributed by atoms with Crippen molar-refractivity contribution in [2.24, 2.45) is 23.7 Å². The number of nitrogens with one attached hydrogen (secondary N) is 11. The number of rotatable bonds is 14. The van der Waals surface area contributed by atoms with Crippen molar-refractivity contribution in [3.05, 3.63) is 140 Å². The van der Waals surface area contributed by atoms with E-state index in [0.29, 0.717) is 121 Å². The van der Waals surface area contributed by atoms with Gasteiger partial charge in [0.1, 0.15) is 53.8 Å². The first-order valence-electron chi connectivity index (χ1n) is 43.7. The number of pyridine rings is 4. The van der Waals surface area contributed by atoms with Crippen LogP contribution in [0.25, 0.3) is 40.9 Å². The standard InChI is InChI=1S/C25H32N6O4S.2C20H24N6O2S.C14H19N3O5.C11H15N3S/c1-6-15-9-17(12-26-20(15)29-24(34)35-25(3,4)5)28-21(32)23(33)31-13-14(2)7-8-18(31)19-10-16-11-27-30-22(16)36-19;2*1-3-12-6-14(9-22-17(12)21)24-18(27)20(28)26-10-11(2)4-5-15(26)16-7-13-8-23-25-19(13)29-16;1-5-8-6-9(16-11(18)12(19)20)7-15-10(8)17-13(21)22-14(2,3)4;1-7-2-3-9(12-5-7)10-4-8-6-13-14-11(8)15-10/h9-12,14,18H,6-8,13H2,1-5H3,(H,27,30)(H,28,32)(H,26,29,34);2*6-9,11,15H,3-5,10H2,1-2H3,(H2,21,22)(H,23,25)(H,24,27);6-7H,5H2,1-4H3,(H,16,18)(H,19,20)(H,15,17,21);4,6-7,9,12H,2-3,5H2,1H3,(H,13,14)/t14-,18+;2*11-,15+;;7-,9+/m110.0/s1. The van der Waals surface area contributed by atoms with Gasteiger partial charge in [-0.05, 0) is 220 Å². The fourth-order valence-corrected chi connectivity index (χ4v) is 20.1. The van der Waals surface area contributed by atoms with Gasteiger partial charge < -0.3 is 67.3 Å². The highest BCUT2D eigenvalue weighted by Crippen LogP contribution is 2.43. The van der Waals surface area contributed by atoms with Gasteiger partial charge in [-0.15, -0.1) is 45.3 Å². The average Bonchev–Trinajstić information content (AvgIpc) is 1.71. The third-order valence-corrected chi connectivity index (χ3v) is 27.0. The SMILES string of the molecule is CCc1cc(NC(=O)C(=O)N2C[C@@H](C)CC[C@@H]2c2cc3cn[nH]c3s2)cnc1N.CCc1cc(NC(=O)C(=O)N2C[C@H](C)CC[C@H]2c2cc3cn[nH]c3s2)cnc1N.CCc1cc(NC(=O)C(=O)N2C[C@H](C)CC[C@H]2c2cc3cn[nH]c3s2)cnc1NC(=O)OC(C)(C)C.CCc1cc(NC(=O)C(=O)O)cnc1NC(=O)OC(C)(C)C.C[C@H]1CC[C@H](c2cc3cn[nH]c3s2)NC1. The molecule has 0 saturated carbocycles. The Balaban J connectivity index is 0.000000151. The number of nitrogens with zero attached hydrogens (tertiary/aromatic N) is 11. The first-order valence-corrected chi connectivity index (χ1v) is 47.0. The van der Waals surface area contributed by atoms with Gasteiger partial charge in [0.2, 0.25) is 0 Å². The molecule has 4 aliphatic rings. The molecule has 9 amide bonds. The fourth-order valence-electron chi connectivity index (χ4n) is 15.6. The lowest BCUT2D eigenvalue weighted by atomic mass is 9.93. The van der Waals surface area contributed by atoms with Crippen LogP contribution in [0.1, 0.15) is 214 Å². The van der Waals surface area contributed by atoms with Gasteiger partial charge in [0.25, 0.3) is 0 Å². The summed E-state index contributed by atoms with van der Waals surface area (Å²) in [5, 5.41) is 60.0. The summed E-state index contributed by atoms with van der Waals surface area (Å²) in [7, 11) is 0. The van der Waals surface area contributed by atoms with Crippen molar-refractivity contribution >= 4 is 192 Å². The number of hydrogen-bond donors (Lipinski definition) is 14. The zero-order chi connectivity index (χ0) is 94.3. The molecule has 0 radical (unpaired) electrons. The summed E-state index contributed by atoms with van der Waals surface area (Å²) in [6, 6.07) is 15.4. The molecule has 0 bridgehead atoms. The average molecular weight is 1870 g/mol. The number of ether oxygens (including phenoxy) is 2. The summed E-state index contributed by atoms with van der Waals surface area (Å²) in [5.74, 6) is -3.04. The molecular formula is C90H114N24O13S4. The number of aryl methyl sites for hydroxylation is 4. The number of carboxylic acid groups (broad SMARTS) is 1. The molecule has 16 N–H and O–H groups in total. The molecule has 4 fully saturated rings. The second-order valence-electron chi connectivity index (χ2n) is 35.1. The number of likely N-dealkylation sites (tertiary alicyclic amines) is 3. The molecule has 16 rings (SSSR count). The lowest BCUT2D eigenvalue weighted by Gasteiger charge is -2.37. The number of carbonyl (C=O) groups excluding carboxylic acids is 9. The third kappa shape index (κ3) is 25.6. The van der Waals surface area contributed by atoms with Crippen LogP contribution in [0.2, 0.25) is 0 Å². The van der Waals surface area contributed by atoms with Crippen LogP contribution < -0.4 is 48.7 Å². The number of aliphatic carboxylic acids is 1. The molecule has 41 heteroatoms. The molecule has 8 atom stereocenters. The van der Waals surface area contributed by atoms with Crippen LogP contribution in [0.5, 0.6) is 0 Å². The van der Waals surface area contributed by atoms with Crippen molar-refractivity contribution < 1.29 is 62.5 Å². The maximum Gasteiger partial charge on any atom is 0.413 e. The van der Waals surface area contributed by atoms with Crippen molar-refractivity contribution in [2.75, 3.05) is 69.5 Å². The minimum absolute atomic E-state index is 0.106. The van der Waals surface area contributed by atoms with E-state index >= 15 is 0 Å². The van der Waals surface area contributed by atoms with Crippen molar-refractivity contribution in [1.82, 2.24) is 80.7 Å². The van der Waals surface area contributed by atoms with E-state index < -0.39 is 70.7 Å². The number of nitrogens with two attached hydrogens (primary N) is 2. The molecule has 131 heavy (non-hydrogen) atoms. The molecule has 0 aliphatic carbocycles. The number of nitrogen functional groups attached to an aromatic ring is 2. The highest BCUT2D eigenvalue weighted by molar-refractivity contribution is 7.19. The maximum atomic E-state index is 13.3. The van der Waals surface area contributed by atoms with Crippen LogP contribution in [-0.2, 0) is 73.5 Å². The molecule has 4 aliphatic heterocycles. The lowest BCUT2D eigenvalue weighted by Crippen LogP contribution is -2.46.